The molecule has 21 heavy (non-hydrogen) atoms. The Kier molecular flexibility index (Phi) is 3.64. The first kappa shape index (κ1) is 14.4. The monoisotopic (exact) mass is 385 g/mol. The number of sulfonamides is 1. The Hall–Kier alpha value is -1.57. The van der Waals surface area contributed by atoms with Crippen molar-refractivity contribution in [3.8, 4) is 0 Å². The number of nitrogens with zero attached hydrogens (tertiary/aromatic N) is 2. The van der Waals surface area contributed by atoms with Gasteiger partial charge in [-0.25, -0.2) is 4.98 Å². The van der Waals surface area contributed by atoms with Gasteiger partial charge in [0.15, 0.2) is 10.2 Å². The van der Waals surface area contributed by atoms with E-state index in [0.717, 1.165) is 4.47 Å². The number of pyridine rings is 1. The number of aromatic nitrogens is 2. The summed E-state index contributed by atoms with van der Waals surface area (Å²) in [6, 6.07) is 12.0. The van der Waals surface area contributed by atoms with E-state index in [1.165, 1.54) is 4.40 Å². The molecule has 5 nitrogen and oxygen atoms in total. The van der Waals surface area contributed by atoms with Crippen LogP contribution in [-0.2, 0) is 10.0 Å². The van der Waals surface area contributed by atoms with Crippen LogP contribution in [0.1, 0.15) is 0 Å². The average Bonchev–Trinajstić information content (AvgIpc) is 2.74. The average molecular weight is 387 g/mol. The fraction of sp³-hybridized carbons (Fsp3) is 0. The molecule has 0 atom stereocenters. The third-order valence-electron chi connectivity index (χ3n) is 2.78. The molecule has 0 saturated heterocycles. The maximum Gasteiger partial charge on any atom is 0.281 e. The normalized spacial score (nSPS) is 11.7. The zero-order valence-electron chi connectivity index (χ0n) is 10.5. The van der Waals surface area contributed by atoms with Gasteiger partial charge in [0.05, 0.1) is 0 Å². The number of anilines is 1. The van der Waals surface area contributed by atoms with E-state index >= 15 is 0 Å². The summed E-state index contributed by atoms with van der Waals surface area (Å²) in [6.07, 6.45) is 1.60. The molecule has 3 aromatic rings. The molecule has 0 aliphatic rings. The second-order valence-corrected chi connectivity index (χ2v) is 7.12. The summed E-state index contributed by atoms with van der Waals surface area (Å²) in [5.74, 6) is 0. The number of hydrogen-bond donors (Lipinski definition) is 1. The van der Waals surface area contributed by atoms with Crippen molar-refractivity contribution in [2.45, 2.75) is 5.03 Å². The minimum atomic E-state index is -3.85. The molecule has 2 aromatic heterocycles. The van der Waals surface area contributed by atoms with Gasteiger partial charge in [0.2, 0.25) is 0 Å². The molecule has 0 saturated carbocycles. The third-order valence-corrected chi connectivity index (χ3v) is 5.05. The predicted molar refractivity (Wildman–Crippen MR) is 85.2 cm³/mol. The lowest BCUT2D eigenvalue weighted by Gasteiger charge is -2.08. The summed E-state index contributed by atoms with van der Waals surface area (Å²) in [6.45, 7) is 0. The van der Waals surface area contributed by atoms with E-state index in [0.29, 0.717) is 11.3 Å². The van der Waals surface area contributed by atoms with Crippen molar-refractivity contribution in [1.29, 1.82) is 0 Å². The van der Waals surface area contributed by atoms with Crippen LogP contribution < -0.4 is 4.72 Å². The van der Waals surface area contributed by atoms with E-state index in [9.17, 15) is 8.42 Å². The second-order valence-electron chi connectivity index (χ2n) is 4.25. The number of nitrogens with one attached hydrogen (secondary N) is 1. The Bertz CT molecular complexity index is 924. The minimum absolute atomic E-state index is 0.0660. The molecule has 0 aliphatic carbocycles. The van der Waals surface area contributed by atoms with Crippen LogP contribution in [0.3, 0.4) is 0 Å². The third kappa shape index (κ3) is 2.76. The molecule has 0 amide bonds. The highest BCUT2D eigenvalue weighted by Crippen LogP contribution is 2.25. The van der Waals surface area contributed by atoms with Crippen LogP contribution in [0.2, 0.25) is 5.15 Å². The molecule has 0 bridgehead atoms. The van der Waals surface area contributed by atoms with Gasteiger partial charge in [0.25, 0.3) is 10.0 Å². The number of halogens is 2. The fourth-order valence-corrected chi connectivity index (χ4v) is 4.04. The van der Waals surface area contributed by atoms with E-state index in [-0.39, 0.29) is 10.2 Å². The van der Waals surface area contributed by atoms with Crippen molar-refractivity contribution in [3.05, 3.63) is 58.3 Å². The summed E-state index contributed by atoms with van der Waals surface area (Å²) in [4.78, 5) is 4.04. The van der Waals surface area contributed by atoms with Gasteiger partial charge in [0.1, 0.15) is 5.65 Å². The SMILES string of the molecule is O=S(=O)(Nc1cccc(Br)c1)c1c(Cl)nc2ccccn12. The smallest absolute Gasteiger partial charge is 0.281 e. The van der Waals surface area contributed by atoms with Gasteiger partial charge >= 0.3 is 0 Å². The Labute approximate surface area is 134 Å². The molecular weight excluding hydrogens is 378 g/mol. The summed E-state index contributed by atoms with van der Waals surface area (Å²) in [5.41, 5.74) is 0.906. The molecule has 0 radical (unpaired) electrons. The van der Waals surface area contributed by atoms with E-state index in [4.69, 9.17) is 11.6 Å². The zero-order valence-corrected chi connectivity index (χ0v) is 13.7. The van der Waals surface area contributed by atoms with Crippen molar-refractivity contribution in [2.75, 3.05) is 4.72 Å². The van der Waals surface area contributed by atoms with Crippen molar-refractivity contribution in [3.63, 3.8) is 0 Å². The van der Waals surface area contributed by atoms with Crippen molar-refractivity contribution in [1.82, 2.24) is 9.38 Å². The van der Waals surface area contributed by atoms with E-state index < -0.39 is 10.0 Å². The Morgan fingerprint density at radius 2 is 2.00 bits per heavy atom. The molecule has 0 unspecified atom stereocenters. The van der Waals surface area contributed by atoms with Crippen molar-refractivity contribution < 1.29 is 8.42 Å². The van der Waals surface area contributed by atoms with Crippen molar-refractivity contribution >= 4 is 48.9 Å². The molecule has 3 rings (SSSR count). The van der Waals surface area contributed by atoms with Gasteiger partial charge in [0, 0.05) is 16.4 Å². The molecule has 0 fully saturated rings. The molecule has 0 aliphatic heterocycles. The summed E-state index contributed by atoms with van der Waals surface area (Å²) in [7, 11) is -3.85. The van der Waals surface area contributed by atoms with Crippen LogP contribution in [0.15, 0.2) is 58.2 Å². The molecule has 1 N–H and O–H groups in total. The number of rotatable bonds is 3. The topological polar surface area (TPSA) is 63.5 Å². The van der Waals surface area contributed by atoms with Crippen LogP contribution in [0, 0.1) is 0 Å². The maximum absolute atomic E-state index is 12.5. The largest absolute Gasteiger partial charge is 0.288 e. The van der Waals surface area contributed by atoms with Crippen LogP contribution in [0.25, 0.3) is 5.65 Å². The first-order chi connectivity index (χ1) is 9.97. The highest BCUT2D eigenvalue weighted by molar-refractivity contribution is 9.10. The van der Waals surface area contributed by atoms with Crippen LogP contribution in [0.4, 0.5) is 5.69 Å². The minimum Gasteiger partial charge on any atom is -0.288 e. The van der Waals surface area contributed by atoms with Crippen LogP contribution >= 0.6 is 27.5 Å². The summed E-state index contributed by atoms with van der Waals surface area (Å²) < 4.78 is 29.8. The van der Waals surface area contributed by atoms with Gasteiger partial charge in [-0.1, -0.05) is 39.7 Å². The molecular formula is C13H9BrClN3O2S. The number of benzene rings is 1. The zero-order chi connectivity index (χ0) is 15.0. The molecule has 1 aromatic carbocycles. The van der Waals surface area contributed by atoms with Gasteiger partial charge in [-0.3, -0.25) is 9.12 Å². The van der Waals surface area contributed by atoms with Crippen molar-refractivity contribution in [2.24, 2.45) is 0 Å². The lowest BCUT2D eigenvalue weighted by Crippen LogP contribution is -2.15. The molecule has 8 heteroatoms. The number of fused-ring (bicyclic) bond motifs is 1. The lowest BCUT2D eigenvalue weighted by molar-refractivity contribution is 0.596. The van der Waals surface area contributed by atoms with Gasteiger partial charge in [-0.15, -0.1) is 0 Å². The van der Waals surface area contributed by atoms with Crippen LogP contribution in [-0.4, -0.2) is 17.8 Å². The Morgan fingerprint density at radius 1 is 1.19 bits per heavy atom. The lowest BCUT2D eigenvalue weighted by atomic mass is 10.3. The van der Waals surface area contributed by atoms with Gasteiger partial charge in [-0.2, -0.15) is 8.42 Å². The Balaban J connectivity index is 2.10. The van der Waals surface area contributed by atoms with Gasteiger partial charge in [-0.05, 0) is 30.3 Å². The Morgan fingerprint density at radius 3 is 2.76 bits per heavy atom. The maximum atomic E-state index is 12.5. The van der Waals surface area contributed by atoms with E-state index in [2.05, 4.69) is 25.6 Å². The fourth-order valence-electron chi connectivity index (χ4n) is 1.94. The number of hydrogen-bond acceptors (Lipinski definition) is 3. The second kappa shape index (κ2) is 5.32. The molecule has 0 spiro atoms. The standard InChI is InChI=1S/C13H9BrClN3O2S/c14-9-4-3-5-10(8-9)17-21(19,20)13-12(15)16-11-6-1-2-7-18(11)13/h1-8,17H. The van der Waals surface area contributed by atoms with E-state index in [1.807, 2.05) is 0 Å². The highest BCUT2D eigenvalue weighted by atomic mass is 79.9. The predicted octanol–water partition coefficient (Wildman–Crippen LogP) is 3.55. The summed E-state index contributed by atoms with van der Waals surface area (Å²) in [5, 5.41) is -0.150. The van der Waals surface area contributed by atoms with Gasteiger partial charge < -0.3 is 0 Å². The number of imidazole rings is 1. The quantitative estimate of drug-likeness (QED) is 0.749. The van der Waals surface area contributed by atoms with Crippen LogP contribution in [0.5, 0.6) is 0 Å². The molecule has 108 valence electrons. The highest BCUT2D eigenvalue weighted by Gasteiger charge is 2.24. The first-order valence-electron chi connectivity index (χ1n) is 5.88. The van der Waals surface area contributed by atoms with E-state index in [1.54, 1.807) is 48.7 Å². The first-order valence-corrected chi connectivity index (χ1v) is 8.54. The summed E-state index contributed by atoms with van der Waals surface area (Å²) >= 11 is 9.28. The molecule has 2 heterocycles.